The Morgan fingerprint density at radius 1 is 1.04 bits per heavy atom. The molecule has 27 heavy (non-hydrogen) atoms. The monoisotopic (exact) mass is 391 g/mol. The molecule has 0 radical (unpaired) electrons. The zero-order chi connectivity index (χ0) is 19.3. The zero-order valence-corrected chi connectivity index (χ0v) is 17.5. The van der Waals surface area contributed by atoms with Gasteiger partial charge in [-0.1, -0.05) is 12.8 Å². The highest BCUT2D eigenvalue weighted by Gasteiger charge is 2.38. The van der Waals surface area contributed by atoms with Crippen LogP contribution in [0, 0.1) is 13.8 Å². The Hall–Kier alpha value is -1.67. The fourth-order valence-electron chi connectivity index (χ4n) is 4.82. The third-order valence-electron chi connectivity index (χ3n) is 6.25. The van der Waals surface area contributed by atoms with Crippen molar-refractivity contribution in [2.24, 2.45) is 14.1 Å². The second-order valence-corrected chi connectivity index (χ2v) is 9.79. The Labute approximate surface area is 161 Å². The summed E-state index contributed by atoms with van der Waals surface area (Å²) in [5.41, 5.74) is 4.73. The summed E-state index contributed by atoms with van der Waals surface area (Å²) < 4.78 is 32.8. The van der Waals surface area contributed by atoms with E-state index >= 15 is 0 Å². The van der Waals surface area contributed by atoms with Crippen LogP contribution in [0.15, 0.2) is 4.90 Å². The molecular weight excluding hydrogens is 362 g/mol. The van der Waals surface area contributed by atoms with Gasteiger partial charge in [-0.05, 0) is 51.5 Å². The molecule has 2 aliphatic carbocycles. The molecule has 0 N–H and O–H groups in total. The maximum absolute atomic E-state index is 13.7. The van der Waals surface area contributed by atoms with E-state index in [1.54, 1.807) is 23.0 Å². The Bertz CT molecular complexity index is 967. The Morgan fingerprint density at radius 3 is 2.37 bits per heavy atom. The van der Waals surface area contributed by atoms with Crippen LogP contribution in [0.2, 0.25) is 0 Å². The third-order valence-corrected chi connectivity index (χ3v) is 8.40. The summed E-state index contributed by atoms with van der Waals surface area (Å²) in [7, 11) is 0.138. The Morgan fingerprint density at radius 2 is 1.74 bits per heavy atom. The van der Waals surface area contributed by atoms with Crippen molar-refractivity contribution in [1.82, 2.24) is 23.9 Å². The third kappa shape index (κ3) is 3.02. The van der Waals surface area contributed by atoms with Crippen molar-refractivity contribution in [3.63, 3.8) is 0 Å². The summed E-state index contributed by atoms with van der Waals surface area (Å²) in [6.45, 7) is 3.98. The van der Waals surface area contributed by atoms with E-state index in [2.05, 4.69) is 5.10 Å². The van der Waals surface area contributed by atoms with Crippen LogP contribution in [-0.4, -0.2) is 38.3 Å². The molecule has 0 amide bonds. The number of aryl methyl sites for hydroxylation is 3. The van der Waals surface area contributed by atoms with E-state index in [1.165, 1.54) is 11.3 Å². The van der Waals surface area contributed by atoms with Crippen molar-refractivity contribution < 1.29 is 8.42 Å². The normalized spacial score (nSPS) is 18.0. The molecule has 4 rings (SSSR count). The largest absolute Gasteiger partial charge is 0.272 e. The number of nitrogens with zero attached hydrogens (tertiary/aromatic N) is 5. The zero-order valence-electron chi connectivity index (χ0n) is 16.7. The van der Waals surface area contributed by atoms with Crippen molar-refractivity contribution in [2.45, 2.75) is 76.3 Å². The maximum atomic E-state index is 13.7. The molecule has 8 heteroatoms. The van der Waals surface area contributed by atoms with Crippen LogP contribution in [-0.2, 0) is 43.5 Å². The van der Waals surface area contributed by atoms with E-state index < -0.39 is 10.0 Å². The minimum Gasteiger partial charge on any atom is -0.272 e. The number of rotatable bonds is 5. The van der Waals surface area contributed by atoms with Crippen LogP contribution in [0.1, 0.15) is 60.4 Å². The first kappa shape index (κ1) is 18.7. The first-order valence-electron chi connectivity index (χ1n) is 9.86. The molecule has 0 bridgehead atoms. The minimum atomic E-state index is -3.63. The molecule has 0 spiro atoms. The molecule has 148 valence electrons. The maximum Gasteiger partial charge on any atom is 0.247 e. The average Bonchev–Trinajstić information content (AvgIpc) is 3.35. The summed E-state index contributed by atoms with van der Waals surface area (Å²) >= 11 is 0. The van der Waals surface area contributed by atoms with Crippen LogP contribution in [0.3, 0.4) is 0 Å². The van der Waals surface area contributed by atoms with E-state index in [-0.39, 0.29) is 6.04 Å². The van der Waals surface area contributed by atoms with Gasteiger partial charge >= 0.3 is 0 Å². The molecular formula is C19H29N5O2S. The highest BCUT2D eigenvalue weighted by Crippen LogP contribution is 2.34. The van der Waals surface area contributed by atoms with Gasteiger partial charge in [0.15, 0.2) is 0 Å². The summed E-state index contributed by atoms with van der Waals surface area (Å²) in [6.07, 6.45) is 7.19. The molecule has 7 nitrogen and oxygen atoms in total. The van der Waals surface area contributed by atoms with E-state index in [1.807, 2.05) is 18.7 Å². The summed E-state index contributed by atoms with van der Waals surface area (Å²) in [5, 5.41) is 9.04. The second kappa shape index (κ2) is 6.74. The Kier molecular flexibility index (Phi) is 4.66. The lowest BCUT2D eigenvalue weighted by molar-refractivity contribution is 0.311. The van der Waals surface area contributed by atoms with E-state index in [0.29, 0.717) is 22.8 Å². The quantitative estimate of drug-likeness (QED) is 0.784. The predicted octanol–water partition coefficient (Wildman–Crippen LogP) is 2.39. The van der Waals surface area contributed by atoms with Gasteiger partial charge in [0.05, 0.1) is 23.6 Å². The highest BCUT2D eigenvalue weighted by atomic mass is 32.2. The molecule has 2 aliphatic rings. The van der Waals surface area contributed by atoms with Gasteiger partial charge in [-0.2, -0.15) is 14.5 Å². The number of hydrogen-bond acceptors (Lipinski definition) is 4. The topological polar surface area (TPSA) is 73.0 Å². The van der Waals surface area contributed by atoms with Gasteiger partial charge in [-0.25, -0.2) is 8.42 Å². The van der Waals surface area contributed by atoms with Crippen LogP contribution in [0.25, 0.3) is 0 Å². The van der Waals surface area contributed by atoms with Crippen molar-refractivity contribution in [3.05, 3.63) is 28.3 Å². The summed E-state index contributed by atoms with van der Waals surface area (Å²) in [5.74, 6) is 0. The van der Waals surface area contributed by atoms with Gasteiger partial charge in [-0.15, -0.1) is 0 Å². The molecule has 2 heterocycles. The lowest BCUT2D eigenvalue weighted by atomic mass is 10.2. The predicted molar refractivity (Wildman–Crippen MR) is 103 cm³/mol. The molecule has 0 saturated heterocycles. The molecule has 0 aromatic carbocycles. The minimum absolute atomic E-state index is 0.0491. The lowest BCUT2D eigenvalue weighted by Crippen LogP contribution is -2.39. The molecule has 0 atom stereocenters. The van der Waals surface area contributed by atoms with Crippen LogP contribution >= 0.6 is 0 Å². The standard InChI is InChI=1S/C19H29N5O2S/c1-13-19(14(2)22(3)20-13)27(25,26)24(15-8-5-6-9-15)12-17-16-10-7-11-18(16)23(4)21-17/h15H,5-12H2,1-4H3. The van der Waals surface area contributed by atoms with E-state index in [4.69, 9.17) is 5.10 Å². The first-order chi connectivity index (χ1) is 12.8. The van der Waals surface area contributed by atoms with Crippen LogP contribution in [0.4, 0.5) is 0 Å². The Balaban J connectivity index is 1.77. The molecule has 2 aromatic rings. The molecule has 0 unspecified atom stereocenters. The average molecular weight is 392 g/mol. The summed E-state index contributed by atoms with van der Waals surface area (Å²) in [4.78, 5) is 0.365. The van der Waals surface area contributed by atoms with Gasteiger partial charge in [0, 0.05) is 25.8 Å². The van der Waals surface area contributed by atoms with Gasteiger partial charge in [0.25, 0.3) is 0 Å². The van der Waals surface area contributed by atoms with Crippen molar-refractivity contribution in [2.75, 3.05) is 0 Å². The number of aromatic nitrogens is 4. The van der Waals surface area contributed by atoms with Crippen molar-refractivity contribution >= 4 is 10.0 Å². The van der Waals surface area contributed by atoms with Crippen LogP contribution in [0.5, 0.6) is 0 Å². The molecule has 2 aromatic heterocycles. The summed E-state index contributed by atoms with van der Waals surface area (Å²) in [6, 6.07) is 0.0491. The number of hydrogen-bond donors (Lipinski definition) is 0. The second-order valence-electron chi connectivity index (χ2n) is 7.96. The van der Waals surface area contributed by atoms with Crippen LogP contribution < -0.4 is 0 Å². The number of fused-ring (bicyclic) bond motifs is 1. The number of sulfonamides is 1. The SMILES string of the molecule is Cc1nn(C)c(C)c1S(=O)(=O)N(Cc1nn(C)c2c1CCC2)C1CCCC1. The fourth-order valence-corrected chi connectivity index (χ4v) is 6.87. The van der Waals surface area contributed by atoms with Gasteiger partial charge in [-0.3, -0.25) is 9.36 Å². The smallest absolute Gasteiger partial charge is 0.247 e. The van der Waals surface area contributed by atoms with Gasteiger partial charge in [0.2, 0.25) is 10.0 Å². The van der Waals surface area contributed by atoms with Crippen molar-refractivity contribution in [1.29, 1.82) is 0 Å². The van der Waals surface area contributed by atoms with Gasteiger partial charge in [0.1, 0.15) is 4.90 Å². The van der Waals surface area contributed by atoms with E-state index in [0.717, 1.165) is 50.6 Å². The lowest BCUT2D eigenvalue weighted by Gasteiger charge is -2.28. The van der Waals surface area contributed by atoms with Crippen molar-refractivity contribution in [3.8, 4) is 0 Å². The fraction of sp³-hybridized carbons (Fsp3) is 0.684. The molecule has 1 saturated carbocycles. The molecule has 1 fully saturated rings. The highest BCUT2D eigenvalue weighted by molar-refractivity contribution is 7.89. The van der Waals surface area contributed by atoms with Gasteiger partial charge < -0.3 is 0 Å². The van der Waals surface area contributed by atoms with E-state index in [9.17, 15) is 8.42 Å². The first-order valence-corrected chi connectivity index (χ1v) is 11.3. The molecule has 0 aliphatic heterocycles.